The van der Waals surface area contributed by atoms with Crippen LogP contribution in [0.2, 0.25) is 0 Å². The monoisotopic (exact) mass is 264 g/mol. The van der Waals surface area contributed by atoms with E-state index in [1.165, 1.54) is 6.92 Å². The van der Waals surface area contributed by atoms with Gasteiger partial charge in [0.2, 0.25) is 5.91 Å². The summed E-state index contributed by atoms with van der Waals surface area (Å²) in [5.41, 5.74) is 1.05. The number of carbonyl (C=O) groups excluding carboxylic acids is 1. The molecule has 2 N–H and O–H groups in total. The van der Waals surface area contributed by atoms with Crippen LogP contribution in [-0.2, 0) is 9.59 Å². The smallest absolute Gasteiger partial charge is 0.320 e. The predicted octanol–water partition coefficient (Wildman–Crippen LogP) is 1.27. The average molecular weight is 264 g/mol. The Morgan fingerprint density at radius 3 is 2.37 bits per heavy atom. The van der Waals surface area contributed by atoms with Crippen molar-refractivity contribution < 1.29 is 14.7 Å². The second kappa shape index (κ2) is 6.89. The summed E-state index contributed by atoms with van der Waals surface area (Å²) in [7, 11) is 1.72. The van der Waals surface area contributed by atoms with Crippen molar-refractivity contribution in [3.05, 3.63) is 35.9 Å². The summed E-state index contributed by atoms with van der Waals surface area (Å²) >= 11 is 0. The molecule has 0 aliphatic rings. The van der Waals surface area contributed by atoms with Crippen LogP contribution in [0.25, 0.3) is 0 Å². The van der Waals surface area contributed by atoms with Gasteiger partial charge >= 0.3 is 5.97 Å². The molecule has 1 amide bonds. The lowest BCUT2D eigenvalue weighted by Crippen LogP contribution is -2.42. The number of benzene rings is 1. The quantitative estimate of drug-likeness (QED) is 0.811. The van der Waals surface area contributed by atoms with Crippen LogP contribution in [0.3, 0.4) is 0 Å². The third-order valence-electron chi connectivity index (χ3n) is 3.19. The first kappa shape index (κ1) is 15.2. The lowest BCUT2D eigenvalue weighted by molar-refractivity contribution is -0.139. The van der Waals surface area contributed by atoms with Crippen LogP contribution < -0.4 is 5.32 Å². The lowest BCUT2D eigenvalue weighted by atomic mass is 10.1. The second-order valence-corrected chi connectivity index (χ2v) is 4.53. The third kappa shape index (κ3) is 4.37. The summed E-state index contributed by atoms with van der Waals surface area (Å²) in [6.07, 6.45) is 0. The normalized spacial score (nSPS) is 13.6. The SMILES string of the molecule is CC(c1ccccc1)N(C)C(=O)CN[C@@H](C)C(=O)O. The molecule has 104 valence electrons. The fraction of sp³-hybridized carbons (Fsp3) is 0.429. The van der Waals surface area contributed by atoms with Gasteiger partial charge in [0, 0.05) is 7.05 Å². The van der Waals surface area contributed by atoms with Crippen LogP contribution in [0.15, 0.2) is 30.3 Å². The number of carbonyl (C=O) groups is 2. The van der Waals surface area contributed by atoms with Crippen LogP contribution in [0.1, 0.15) is 25.5 Å². The molecule has 0 fully saturated rings. The maximum Gasteiger partial charge on any atom is 0.320 e. The number of likely N-dealkylation sites (N-methyl/N-ethyl adjacent to an activating group) is 1. The van der Waals surface area contributed by atoms with E-state index in [0.717, 1.165) is 5.56 Å². The number of nitrogens with zero attached hydrogens (tertiary/aromatic N) is 1. The minimum Gasteiger partial charge on any atom is -0.480 e. The minimum atomic E-state index is -0.966. The van der Waals surface area contributed by atoms with E-state index in [0.29, 0.717) is 0 Å². The molecule has 1 unspecified atom stereocenters. The van der Waals surface area contributed by atoms with E-state index in [1.807, 2.05) is 37.3 Å². The van der Waals surface area contributed by atoms with Gasteiger partial charge in [-0.3, -0.25) is 14.9 Å². The third-order valence-corrected chi connectivity index (χ3v) is 3.19. The van der Waals surface area contributed by atoms with E-state index in [9.17, 15) is 9.59 Å². The van der Waals surface area contributed by atoms with Gasteiger partial charge in [-0.25, -0.2) is 0 Å². The van der Waals surface area contributed by atoms with Crippen LogP contribution >= 0.6 is 0 Å². The van der Waals surface area contributed by atoms with Crippen LogP contribution in [0, 0.1) is 0 Å². The van der Waals surface area contributed by atoms with Crippen molar-refractivity contribution in [2.45, 2.75) is 25.9 Å². The molecule has 0 saturated carbocycles. The molecule has 5 nitrogen and oxygen atoms in total. The molecule has 2 atom stereocenters. The number of hydrogen-bond acceptors (Lipinski definition) is 3. The Balaban J connectivity index is 2.55. The summed E-state index contributed by atoms with van der Waals surface area (Å²) in [6.45, 7) is 3.46. The Bertz CT molecular complexity index is 434. The van der Waals surface area contributed by atoms with Crippen molar-refractivity contribution in [2.75, 3.05) is 13.6 Å². The van der Waals surface area contributed by atoms with Crippen LogP contribution in [0.4, 0.5) is 0 Å². The molecular weight excluding hydrogens is 244 g/mol. The average Bonchev–Trinajstić information content (AvgIpc) is 2.43. The van der Waals surface area contributed by atoms with Gasteiger partial charge in [0.1, 0.15) is 6.04 Å². The van der Waals surface area contributed by atoms with E-state index in [1.54, 1.807) is 11.9 Å². The zero-order valence-electron chi connectivity index (χ0n) is 11.5. The molecule has 0 saturated heterocycles. The number of nitrogens with one attached hydrogen (secondary N) is 1. The number of carboxylic acids is 1. The Labute approximate surface area is 113 Å². The fourth-order valence-electron chi connectivity index (χ4n) is 1.62. The zero-order valence-corrected chi connectivity index (χ0v) is 11.5. The molecule has 1 rings (SSSR count). The molecule has 0 aromatic heterocycles. The van der Waals surface area contributed by atoms with E-state index < -0.39 is 12.0 Å². The number of hydrogen-bond donors (Lipinski definition) is 2. The Morgan fingerprint density at radius 2 is 1.84 bits per heavy atom. The van der Waals surface area contributed by atoms with Crippen LogP contribution in [-0.4, -0.2) is 41.5 Å². The van der Waals surface area contributed by atoms with E-state index >= 15 is 0 Å². The second-order valence-electron chi connectivity index (χ2n) is 4.53. The van der Waals surface area contributed by atoms with Crippen molar-refractivity contribution >= 4 is 11.9 Å². The topological polar surface area (TPSA) is 69.6 Å². The molecule has 1 aromatic rings. The molecular formula is C14H20N2O3. The van der Waals surface area contributed by atoms with Crippen molar-refractivity contribution in [1.82, 2.24) is 10.2 Å². The highest BCUT2D eigenvalue weighted by Gasteiger charge is 2.18. The number of amides is 1. The van der Waals surface area contributed by atoms with Gasteiger partial charge in [-0.05, 0) is 19.4 Å². The van der Waals surface area contributed by atoms with Gasteiger partial charge in [0.25, 0.3) is 0 Å². The maximum absolute atomic E-state index is 12.0. The number of rotatable bonds is 6. The standard InChI is InChI=1S/C14H20N2O3/c1-10(14(18)19)15-9-13(17)16(3)11(2)12-7-5-4-6-8-12/h4-8,10-11,15H,9H2,1-3H3,(H,18,19)/t10-,11?/m0/s1. The summed E-state index contributed by atoms with van der Waals surface area (Å²) in [5, 5.41) is 11.4. The highest BCUT2D eigenvalue weighted by Crippen LogP contribution is 2.17. The number of aliphatic carboxylic acids is 1. The van der Waals surface area contributed by atoms with Crippen molar-refractivity contribution in [1.29, 1.82) is 0 Å². The van der Waals surface area contributed by atoms with Crippen molar-refractivity contribution in [2.24, 2.45) is 0 Å². The van der Waals surface area contributed by atoms with Crippen LogP contribution in [0.5, 0.6) is 0 Å². The Morgan fingerprint density at radius 1 is 1.26 bits per heavy atom. The summed E-state index contributed by atoms with van der Waals surface area (Å²) in [4.78, 5) is 24.2. The first-order valence-electron chi connectivity index (χ1n) is 6.20. The molecule has 0 aliphatic carbocycles. The van der Waals surface area contributed by atoms with Gasteiger partial charge < -0.3 is 10.0 Å². The van der Waals surface area contributed by atoms with Gasteiger partial charge in [-0.1, -0.05) is 30.3 Å². The summed E-state index contributed by atoms with van der Waals surface area (Å²) in [6, 6.07) is 8.92. The fourth-order valence-corrected chi connectivity index (χ4v) is 1.62. The highest BCUT2D eigenvalue weighted by molar-refractivity contribution is 5.80. The van der Waals surface area contributed by atoms with E-state index in [-0.39, 0.29) is 18.5 Å². The van der Waals surface area contributed by atoms with Crippen molar-refractivity contribution in [3.8, 4) is 0 Å². The maximum atomic E-state index is 12.0. The summed E-state index contributed by atoms with van der Waals surface area (Å²) in [5.74, 6) is -1.10. The van der Waals surface area contributed by atoms with Crippen molar-refractivity contribution in [3.63, 3.8) is 0 Å². The van der Waals surface area contributed by atoms with E-state index in [2.05, 4.69) is 5.32 Å². The molecule has 0 radical (unpaired) electrons. The van der Waals surface area contributed by atoms with E-state index in [4.69, 9.17) is 5.11 Å². The first-order valence-corrected chi connectivity index (χ1v) is 6.20. The number of carboxylic acid groups (broad SMARTS) is 1. The molecule has 0 heterocycles. The minimum absolute atomic E-state index is 0.0150. The predicted molar refractivity (Wildman–Crippen MR) is 72.7 cm³/mol. The molecule has 0 spiro atoms. The lowest BCUT2D eigenvalue weighted by Gasteiger charge is -2.26. The van der Waals surface area contributed by atoms with Gasteiger partial charge in [0.05, 0.1) is 12.6 Å². The molecule has 19 heavy (non-hydrogen) atoms. The van der Waals surface area contributed by atoms with Gasteiger partial charge in [-0.2, -0.15) is 0 Å². The highest BCUT2D eigenvalue weighted by atomic mass is 16.4. The molecule has 1 aromatic carbocycles. The molecule has 0 aliphatic heterocycles. The molecule has 0 bridgehead atoms. The van der Waals surface area contributed by atoms with Gasteiger partial charge in [-0.15, -0.1) is 0 Å². The van der Waals surface area contributed by atoms with Gasteiger partial charge in [0.15, 0.2) is 0 Å². The summed E-state index contributed by atoms with van der Waals surface area (Å²) < 4.78 is 0. The largest absolute Gasteiger partial charge is 0.480 e. The Kier molecular flexibility index (Phi) is 5.51. The zero-order chi connectivity index (χ0) is 14.4. The molecule has 5 heteroatoms. The first-order chi connectivity index (χ1) is 8.93. The Hall–Kier alpha value is -1.88.